The molecule has 0 amide bonds. The quantitative estimate of drug-likeness (QED) is 0.179. The first-order chi connectivity index (χ1) is 23.1. The van der Waals surface area contributed by atoms with Gasteiger partial charge in [0.2, 0.25) is 0 Å². The van der Waals surface area contributed by atoms with Gasteiger partial charge in [-0.25, -0.2) is 0 Å². The standard InChI is InChI=1S/C42H41NO4/c44-42-19-18-36(46-26-34-32-12-6-4-10-29(32)22-30-11-5-7-13-33(30)34)40-41(42)20-21-43(24-27-14-15-27)37(42)23-31-16-17-35(39(47-40)38(31)41)45-25-28-8-2-1-3-9-28/h1-13,16-17,22,27,36-37,40,44H,14-15,18-21,23-26H2/t36-,37+,40+,41-,42+/m0/s1. The molecule has 5 atom stereocenters. The molecule has 3 fully saturated rings. The van der Waals surface area contributed by atoms with E-state index in [1.165, 1.54) is 51.1 Å². The fourth-order valence-corrected chi connectivity index (χ4v) is 9.90. The van der Waals surface area contributed by atoms with Crippen LogP contribution in [0, 0.1) is 5.92 Å². The zero-order chi connectivity index (χ0) is 31.2. The smallest absolute Gasteiger partial charge is 0.166 e. The molecule has 10 rings (SSSR count). The van der Waals surface area contributed by atoms with E-state index in [4.69, 9.17) is 14.2 Å². The Hall–Kier alpha value is -3.90. The van der Waals surface area contributed by atoms with Gasteiger partial charge in [-0.15, -0.1) is 0 Å². The molecule has 47 heavy (non-hydrogen) atoms. The summed E-state index contributed by atoms with van der Waals surface area (Å²) in [5, 5.41) is 18.0. The van der Waals surface area contributed by atoms with Crippen molar-refractivity contribution in [1.82, 2.24) is 4.90 Å². The molecule has 1 spiro atoms. The minimum Gasteiger partial charge on any atom is -0.485 e. The lowest BCUT2D eigenvalue weighted by molar-refractivity contribution is -0.216. The van der Waals surface area contributed by atoms with Gasteiger partial charge in [0.25, 0.3) is 0 Å². The van der Waals surface area contributed by atoms with E-state index in [0.29, 0.717) is 19.6 Å². The molecule has 2 bridgehead atoms. The van der Waals surface area contributed by atoms with Crippen molar-refractivity contribution >= 4 is 21.5 Å². The normalized spacial score (nSPS) is 29.1. The third-order valence-electron chi connectivity index (χ3n) is 12.3. The van der Waals surface area contributed by atoms with Crippen LogP contribution in [0.3, 0.4) is 0 Å². The Kier molecular flexibility index (Phi) is 6.32. The van der Waals surface area contributed by atoms with E-state index in [9.17, 15) is 5.11 Å². The minimum absolute atomic E-state index is 0.0976. The SMILES string of the molecule is O[C@@]12CC[C@H](OCc3c4ccccc4cc4ccccc34)[C@H]3Oc4c(OCc5ccccc5)ccc5c4[C@@]31CCN(CC1CC1)[C@@H]2C5. The number of hydrogen-bond donors (Lipinski definition) is 1. The Bertz CT molecular complexity index is 1950. The van der Waals surface area contributed by atoms with E-state index in [0.717, 1.165) is 55.3 Å². The molecule has 2 heterocycles. The number of piperidine rings is 1. The first kappa shape index (κ1) is 28.1. The van der Waals surface area contributed by atoms with E-state index < -0.39 is 11.0 Å². The van der Waals surface area contributed by atoms with Crippen LogP contribution in [0.2, 0.25) is 0 Å². The summed E-state index contributed by atoms with van der Waals surface area (Å²) in [5.74, 6) is 2.39. The number of rotatable bonds is 8. The van der Waals surface area contributed by atoms with Crippen molar-refractivity contribution in [1.29, 1.82) is 0 Å². The average Bonchev–Trinajstić information content (AvgIpc) is 3.85. The molecule has 5 heteroatoms. The van der Waals surface area contributed by atoms with Crippen LogP contribution in [0.25, 0.3) is 21.5 Å². The van der Waals surface area contributed by atoms with E-state index in [1.54, 1.807) is 0 Å². The molecule has 1 N–H and O–H groups in total. The van der Waals surface area contributed by atoms with Crippen LogP contribution in [0.15, 0.2) is 97.1 Å². The van der Waals surface area contributed by atoms with Crippen LogP contribution < -0.4 is 9.47 Å². The van der Waals surface area contributed by atoms with Gasteiger partial charge in [0.1, 0.15) is 12.7 Å². The van der Waals surface area contributed by atoms with Crippen LogP contribution in [0.5, 0.6) is 11.5 Å². The Morgan fingerprint density at radius 3 is 2.32 bits per heavy atom. The Balaban J connectivity index is 1.04. The second-order valence-electron chi connectivity index (χ2n) is 14.7. The van der Waals surface area contributed by atoms with Gasteiger partial charge < -0.3 is 19.3 Å². The summed E-state index contributed by atoms with van der Waals surface area (Å²) in [5.41, 5.74) is 3.47. The molecule has 2 aliphatic heterocycles. The zero-order valence-electron chi connectivity index (χ0n) is 26.7. The highest BCUT2D eigenvalue weighted by atomic mass is 16.6. The second-order valence-corrected chi connectivity index (χ2v) is 14.7. The number of fused-ring (bicyclic) bond motifs is 2. The van der Waals surface area contributed by atoms with Crippen LogP contribution in [0.1, 0.15) is 54.4 Å². The third-order valence-corrected chi connectivity index (χ3v) is 12.3. The number of benzene rings is 5. The summed E-state index contributed by atoms with van der Waals surface area (Å²) in [6.07, 6.45) is 5.43. The lowest BCUT2D eigenvalue weighted by Crippen LogP contribution is -2.77. The van der Waals surface area contributed by atoms with E-state index >= 15 is 0 Å². The second kappa shape index (κ2) is 10.6. The van der Waals surface area contributed by atoms with Crippen molar-refractivity contribution in [2.45, 2.75) is 81.0 Å². The van der Waals surface area contributed by atoms with E-state index in [2.05, 4.69) is 83.8 Å². The fourth-order valence-electron chi connectivity index (χ4n) is 9.90. The lowest BCUT2D eigenvalue weighted by atomic mass is 9.48. The van der Waals surface area contributed by atoms with Crippen LogP contribution in [-0.2, 0) is 29.8 Å². The predicted molar refractivity (Wildman–Crippen MR) is 184 cm³/mol. The van der Waals surface area contributed by atoms with Gasteiger partial charge in [-0.1, -0.05) is 84.9 Å². The monoisotopic (exact) mass is 623 g/mol. The average molecular weight is 624 g/mol. The molecule has 238 valence electrons. The summed E-state index contributed by atoms with van der Waals surface area (Å²) < 4.78 is 20.7. The maximum absolute atomic E-state index is 13.1. The third kappa shape index (κ3) is 4.19. The summed E-state index contributed by atoms with van der Waals surface area (Å²) in [4.78, 5) is 2.63. The zero-order valence-corrected chi connectivity index (χ0v) is 26.7. The molecule has 3 aliphatic carbocycles. The fraction of sp³-hybridized carbons (Fsp3) is 0.381. The molecule has 0 radical (unpaired) electrons. The molecular formula is C42H41NO4. The first-order valence-electron chi connectivity index (χ1n) is 17.6. The summed E-state index contributed by atoms with van der Waals surface area (Å²) in [7, 11) is 0. The highest BCUT2D eigenvalue weighted by Crippen LogP contribution is 2.66. The van der Waals surface area contributed by atoms with Crippen molar-refractivity contribution < 1.29 is 19.3 Å². The first-order valence-corrected chi connectivity index (χ1v) is 17.6. The minimum atomic E-state index is -0.868. The summed E-state index contributed by atoms with van der Waals surface area (Å²) in [6.45, 7) is 3.06. The number of likely N-dealkylation sites (tertiary alicyclic amines) is 1. The van der Waals surface area contributed by atoms with Gasteiger partial charge in [-0.2, -0.15) is 0 Å². The number of hydrogen-bond acceptors (Lipinski definition) is 5. The van der Waals surface area contributed by atoms with Gasteiger partial charge in [-0.05, 0) is 101 Å². The largest absolute Gasteiger partial charge is 0.485 e. The van der Waals surface area contributed by atoms with Crippen molar-refractivity contribution in [2.75, 3.05) is 13.1 Å². The highest BCUT2D eigenvalue weighted by molar-refractivity contribution is 6.02. The van der Waals surface area contributed by atoms with Crippen molar-refractivity contribution in [3.05, 3.63) is 119 Å². The topological polar surface area (TPSA) is 51.2 Å². The van der Waals surface area contributed by atoms with Gasteiger partial charge in [0, 0.05) is 18.2 Å². The highest BCUT2D eigenvalue weighted by Gasteiger charge is 2.73. The number of aliphatic hydroxyl groups is 1. The summed E-state index contributed by atoms with van der Waals surface area (Å²) >= 11 is 0. The summed E-state index contributed by atoms with van der Waals surface area (Å²) in [6, 6.07) is 34.3. The predicted octanol–water partition coefficient (Wildman–Crippen LogP) is 7.72. The molecular weight excluding hydrogens is 582 g/mol. The van der Waals surface area contributed by atoms with E-state index in [1.807, 2.05) is 18.2 Å². The molecule has 0 unspecified atom stereocenters. The van der Waals surface area contributed by atoms with Gasteiger partial charge in [-0.3, -0.25) is 4.90 Å². The van der Waals surface area contributed by atoms with Crippen LogP contribution in [-0.4, -0.2) is 46.9 Å². The molecule has 0 aromatic heterocycles. The molecule has 1 saturated heterocycles. The van der Waals surface area contributed by atoms with Gasteiger partial charge in [0.15, 0.2) is 11.5 Å². The van der Waals surface area contributed by atoms with E-state index in [-0.39, 0.29) is 18.2 Å². The van der Waals surface area contributed by atoms with Crippen LogP contribution in [0.4, 0.5) is 0 Å². The molecule has 5 aromatic carbocycles. The van der Waals surface area contributed by atoms with Crippen molar-refractivity contribution in [3.63, 3.8) is 0 Å². The lowest BCUT2D eigenvalue weighted by Gasteiger charge is -2.64. The maximum atomic E-state index is 13.1. The molecule has 5 aromatic rings. The Labute approximate surface area is 276 Å². The Morgan fingerprint density at radius 2 is 1.55 bits per heavy atom. The van der Waals surface area contributed by atoms with Crippen LogP contribution >= 0.6 is 0 Å². The number of ether oxygens (including phenoxy) is 3. The van der Waals surface area contributed by atoms with Gasteiger partial charge >= 0.3 is 0 Å². The van der Waals surface area contributed by atoms with Crippen molar-refractivity contribution in [3.8, 4) is 11.5 Å². The maximum Gasteiger partial charge on any atom is 0.166 e. The van der Waals surface area contributed by atoms with Gasteiger partial charge in [0.05, 0.1) is 23.7 Å². The van der Waals surface area contributed by atoms with Crippen molar-refractivity contribution in [2.24, 2.45) is 5.92 Å². The molecule has 5 nitrogen and oxygen atoms in total. The number of nitrogens with zero attached hydrogens (tertiary/aromatic N) is 1. The molecule has 2 saturated carbocycles. The molecule has 5 aliphatic rings. The Morgan fingerprint density at radius 1 is 0.809 bits per heavy atom.